The Balaban J connectivity index is 1.66. The third kappa shape index (κ3) is 4.04. The van der Waals surface area contributed by atoms with Crippen LogP contribution in [0, 0.1) is 6.92 Å². The van der Waals surface area contributed by atoms with Crippen LogP contribution < -0.4 is 15.6 Å². The number of aryl methyl sites for hydroxylation is 1. The highest BCUT2D eigenvalue weighted by atomic mass is 32.2. The van der Waals surface area contributed by atoms with Crippen molar-refractivity contribution >= 4 is 23.5 Å². The number of hydrogen-bond donors (Lipinski definition) is 3. The number of nitrogens with one attached hydrogen (secondary N) is 2. The van der Waals surface area contributed by atoms with E-state index >= 15 is 0 Å². The Bertz CT molecular complexity index is 1180. The van der Waals surface area contributed by atoms with Crippen molar-refractivity contribution in [1.29, 1.82) is 0 Å². The number of phenols is 1. The molecule has 0 saturated heterocycles. The molecule has 1 aliphatic heterocycles. The van der Waals surface area contributed by atoms with Crippen molar-refractivity contribution in [3.8, 4) is 11.5 Å². The van der Waals surface area contributed by atoms with Crippen molar-refractivity contribution in [2.24, 2.45) is 0 Å². The van der Waals surface area contributed by atoms with Crippen LogP contribution in [0.4, 0.5) is 5.82 Å². The summed E-state index contributed by atoms with van der Waals surface area (Å²) in [5.74, 6) is 0.467. The number of hydrogen-bond acceptors (Lipinski definition) is 6. The van der Waals surface area contributed by atoms with Gasteiger partial charge in [-0.1, -0.05) is 47.7 Å². The lowest BCUT2D eigenvalue weighted by Gasteiger charge is -2.24. The fourth-order valence-corrected chi connectivity index (χ4v) is 4.38. The molecule has 1 aliphatic rings. The zero-order chi connectivity index (χ0) is 21.3. The summed E-state index contributed by atoms with van der Waals surface area (Å²) in [5.41, 5.74) is 3.02. The summed E-state index contributed by atoms with van der Waals surface area (Å²) in [6.45, 7) is 2.03. The second kappa shape index (κ2) is 8.23. The monoisotopic (exact) mass is 423 g/mol. The predicted octanol–water partition coefficient (Wildman–Crippen LogP) is 3.56. The molecule has 0 saturated carbocycles. The molecular formula is C22H21N3O4S. The number of carbonyl (C=O) groups excluding carboxylic acids is 1. The SMILES string of the molecule is COc1ccc([C@H]2CC(=O)Nc3nc(SCc4cccc(C)c4)[nH]c(=O)c32)cc1O. The normalized spacial score (nSPS) is 15.4. The molecule has 30 heavy (non-hydrogen) atoms. The van der Waals surface area contributed by atoms with E-state index in [1.54, 1.807) is 12.1 Å². The lowest BCUT2D eigenvalue weighted by atomic mass is 9.86. The van der Waals surface area contributed by atoms with Crippen molar-refractivity contribution in [1.82, 2.24) is 9.97 Å². The lowest BCUT2D eigenvalue weighted by Crippen LogP contribution is -2.31. The number of aromatic nitrogens is 2. The number of carbonyl (C=O) groups is 1. The highest BCUT2D eigenvalue weighted by Crippen LogP contribution is 2.38. The van der Waals surface area contributed by atoms with Gasteiger partial charge in [0, 0.05) is 18.1 Å². The van der Waals surface area contributed by atoms with Gasteiger partial charge < -0.3 is 20.1 Å². The van der Waals surface area contributed by atoms with Crippen LogP contribution in [0.15, 0.2) is 52.4 Å². The van der Waals surface area contributed by atoms with Gasteiger partial charge in [0.1, 0.15) is 5.82 Å². The maximum atomic E-state index is 12.9. The van der Waals surface area contributed by atoms with Gasteiger partial charge in [-0.3, -0.25) is 9.59 Å². The van der Waals surface area contributed by atoms with Crippen molar-refractivity contribution < 1.29 is 14.6 Å². The van der Waals surface area contributed by atoms with Crippen LogP contribution in [0.3, 0.4) is 0 Å². The van der Waals surface area contributed by atoms with E-state index in [0.29, 0.717) is 27.8 Å². The number of amides is 1. The zero-order valence-electron chi connectivity index (χ0n) is 16.6. The van der Waals surface area contributed by atoms with Crippen LogP contribution in [-0.4, -0.2) is 28.1 Å². The van der Waals surface area contributed by atoms with Gasteiger partial charge in [-0.2, -0.15) is 0 Å². The van der Waals surface area contributed by atoms with Crippen molar-refractivity contribution in [2.75, 3.05) is 12.4 Å². The van der Waals surface area contributed by atoms with Crippen LogP contribution >= 0.6 is 11.8 Å². The van der Waals surface area contributed by atoms with E-state index in [4.69, 9.17) is 4.74 Å². The Morgan fingerprint density at radius 3 is 2.80 bits per heavy atom. The van der Waals surface area contributed by atoms with Gasteiger partial charge in [0.05, 0.1) is 12.7 Å². The number of methoxy groups -OCH3 is 1. The molecule has 2 aromatic carbocycles. The summed E-state index contributed by atoms with van der Waals surface area (Å²) in [4.78, 5) is 32.5. The van der Waals surface area contributed by atoms with Gasteiger partial charge in [0.15, 0.2) is 16.7 Å². The second-order valence-electron chi connectivity index (χ2n) is 7.15. The predicted molar refractivity (Wildman–Crippen MR) is 115 cm³/mol. The third-order valence-corrected chi connectivity index (χ3v) is 5.94. The summed E-state index contributed by atoms with van der Waals surface area (Å²) >= 11 is 1.40. The number of rotatable bonds is 5. The molecule has 0 aliphatic carbocycles. The van der Waals surface area contributed by atoms with Crippen LogP contribution in [0.25, 0.3) is 0 Å². The largest absolute Gasteiger partial charge is 0.504 e. The number of anilines is 1. The van der Waals surface area contributed by atoms with Crippen LogP contribution in [0.5, 0.6) is 11.5 Å². The Labute approximate surface area is 177 Å². The van der Waals surface area contributed by atoms with Crippen LogP contribution in [0.2, 0.25) is 0 Å². The number of H-pyrrole nitrogens is 1. The van der Waals surface area contributed by atoms with Gasteiger partial charge >= 0.3 is 0 Å². The van der Waals surface area contributed by atoms with E-state index in [1.807, 2.05) is 25.1 Å². The summed E-state index contributed by atoms with van der Waals surface area (Å²) in [6, 6.07) is 13.0. The molecule has 3 N–H and O–H groups in total. The van der Waals surface area contributed by atoms with E-state index in [9.17, 15) is 14.7 Å². The first-order valence-electron chi connectivity index (χ1n) is 9.44. The molecule has 0 fully saturated rings. The van der Waals surface area contributed by atoms with Gasteiger partial charge in [0.2, 0.25) is 5.91 Å². The summed E-state index contributed by atoms with van der Waals surface area (Å²) < 4.78 is 5.08. The molecule has 1 aromatic heterocycles. The minimum absolute atomic E-state index is 0.0442. The van der Waals surface area contributed by atoms with Crippen LogP contribution in [-0.2, 0) is 10.5 Å². The van der Waals surface area contributed by atoms with E-state index < -0.39 is 5.92 Å². The molecule has 8 heteroatoms. The maximum Gasteiger partial charge on any atom is 0.257 e. The van der Waals surface area contributed by atoms with Gasteiger partial charge in [-0.15, -0.1) is 0 Å². The standard InChI is InChI=1S/C22H21N3O4S/c1-12-4-3-5-13(8-12)11-30-22-24-20-19(21(28)25-22)15(10-18(27)23-20)14-6-7-17(29-2)16(26)9-14/h3-9,15,26H,10-11H2,1-2H3,(H2,23,24,25,27,28)/t15-/m1/s1. The number of aromatic amines is 1. The summed E-state index contributed by atoms with van der Waals surface area (Å²) in [6.07, 6.45) is 0.0965. The Morgan fingerprint density at radius 1 is 1.23 bits per heavy atom. The Morgan fingerprint density at radius 2 is 2.07 bits per heavy atom. The fourth-order valence-electron chi connectivity index (χ4n) is 3.58. The van der Waals surface area contributed by atoms with Gasteiger partial charge in [-0.25, -0.2) is 4.98 Å². The van der Waals surface area contributed by atoms with E-state index in [1.165, 1.54) is 24.9 Å². The molecule has 1 atom stereocenters. The topological polar surface area (TPSA) is 104 Å². The molecule has 0 unspecified atom stereocenters. The fraction of sp³-hybridized carbons (Fsp3) is 0.227. The number of thioether (sulfide) groups is 1. The Hall–Kier alpha value is -3.26. The molecule has 2 heterocycles. The number of phenolic OH excluding ortho intramolecular Hbond substituents is 1. The molecule has 0 radical (unpaired) electrons. The summed E-state index contributed by atoms with van der Waals surface area (Å²) in [7, 11) is 1.46. The number of nitrogens with zero attached hydrogens (tertiary/aromatic N) is 1. The molecule has 3 aromatic rings. The van der Waals surface area contributed by atoms with Gasteiger partial charge in [0.25, 0.3) is 5.56 Å². The number of fused-ring (bicyclic) bond motifs is 1. The Kier molecular flexibility index (Phi) is 5.50. The first kappa shape index (κ1) is 20.0. The molecule has 0 bridgehead atoms. The third-order valence-electron chi connectivity index (χ3n) is 4.99. The van der Waals surface area contributed by atoms with E-state index in [0.717, 1.165) is 11.1 Å². The van der Waals surface area contributed by atoms with E-state index in [-0.39, 0.29) is 29.5 Å². The second-order valence-corrected chi connectivity index (χ2v) is 8.11. The van der Waals surface area contributed by atoms with E-state index in [2.05, 4.69) is 21.4 Å². The van der Waals surface area contributed by atoms with Crippen molar-refractivity contribution in [3.05, 3.63) is 75.1 Å². The van der Waals surface area contributed by atoms with Crippen molar-refractivity contribution in [2.45, 2.75) is 30.2 Å². The highest BCUT2D eigenvalue weighted by Gasteiger charge is 2.31. The maximum absolute atomic E-state index is 12.9. The minimum Gasteiger partial charge on any atom is -0.504 e. The zero-order valence-corrected chi connectivity index (χ0v) is 17.4. The molecule has 7 nitrogen and oxygen atoms in total. The molecule has 154 valence electrons. The first-order valence-corrected chi connectivity index (χ1v) is 10.4. The number of aromatic hydroxyl groups is 1. The highest BCUT2D eigenvalue weighted by molar-refractivity contribution is 7.98. The summed E-state index contributed by atoms with van der Waals surface area (Å²) in [5, 5.41) is 13.3. The molecular weight excluding hydrogens is 402 g/mol. The molecule has 4 rings (SSSR count). The average Bonchev–Trinajstić information content (AvgIpc) is 2.71. The smallest absolute Gasteiger partial charge is 0.257 e. The molecule has 1 amide bonds. The first-order chi connectivity index (χ1) is 14.4. The number of benzene rings is 2. The number of ether oxygens (including phenoxy) is 1. The van der Waals surface area contributed by atoms with Crippen LogP contribution in [0.1, 0.15) is 34.6 Å². The van der Waals surface area contributed by atoms with Gasteiger partial charge in [-0.05, 0) is 30.2 Å². The average molecular weight is 423 g/mol. The van der Waals surface area contributed by atoms with Crippen molar-refractivity contribution in [3.63, 3.8) is 0 Å². The lowest BCUT2D eigenvalue weighted by molar-refractivity contribution is -0.116. The minimum atomic E-state index is -0.502. The molecule has 0 spiro atoms. The quantitative estimate of drug-likeness (QED) is 0.428.